The van der Waals surface area contributed by atoms with Crippen molar-refractivity contribution in [2.75, 3.05) is 24.6 Å². The van der Waals surface area contributed by atoms with Gasteiger partial charge in [0.25, 0.3) is 5.91 Å². The van der Waals surface area contributed by atoms with Crippen LogP contribution in [0.1, 0.15) is 5.56 Å². The number of rotatable bonds is 5. The molecule has 1 aliphatic heterocycles. The minimum atomic E-state index is -0.275. The smallest absolute Gasteiger partial charge is 0.266 e. The van der Waals surface area contributed by atoms with Gasteiger partial charge in [0, 0.05) is 29.8 Å². The van der Waals surface area contributed by atoms with Crippen molar-refractivity contribution in [2.45, 2.75) is 6.42 Å². The molecular weight excluding hydrogens is 332 g/mol. The van der Waals surface area contributed by atoms with Gasteiger partial charge in [-0.15, -0.1) is 0 Å². The number of aromatic amines is 1. The Hall–Kier alpha value is -3.35. The van der Waals surface area contributed by atoms with Crippen LogP contribution in [0.15, 0.2) is 48.8 Å². The number of para-hydroxylation sites is 1. The van der Waals surface area contributed by atoms with E-state index in [4.69, 9.17) is 4.74 Å². The maximum atomic E-state index is 12.3. The third kappa shape index (κ3) is 3.11. The molecule has 0 fully saturated rings. The number of carbonyl (C=O) groups is 2. The summed E-state index contributed by atoms with van der Waals surface area (Å²) >= 11 is 0. The maximum Gasteiger partial charge on any atom is 0.266 e. The summed E-state index contributed by atoms with van der Waals surface area (Å²) in [6, 6.07) is 11.5. The number of fused-ring (bicyclic) bond motifs is 2. The van der Waals surface area contributed by atoms with Crippen LogP contribution in [0.4, 0.5) is 5.82 Å². The average molecular weight is 350 g/mol. The first-order valence-electron chi connectivity index (χ1n) is 8.42. The molecule has 0 saturated carbocycles. The van der Waals surface area contributed by atoms with E-state index in [-0.39, 0.29) is 25.0 Å². The lowest BCUT2D eigenvalue weighted by atomic mass is 10.1. The zero-order valence-corrected chi connectivity index (χ0v) is 14.1. The minimum absolute atomic E-state index is 0.0694. The van der Waals surface area contributed by atoms with Gasteiger partial charge in [0.1, 0.15) is 6.54 Å². The maximum absolute atomic E-state index is 12.3. The first-order valence-corrected chi connectivity index (χ1v) is 8.42. The van der Waals surface area contributed by atoms with Gasteiger partial charge < -0.3 is 15.0 Å². The molecule has 4 rings (SSSR count). The molecule has 0 radical (unpaired) electrons. The van der Waals surface area contributed by atoms with Gasteiger partial charge in [-0.1, -0.05) is 18.2 Å². The van der Waals surface area contributed by atoms with Crippen molar-refractivity contribution < 1.29 is 14.3 Å². The summed E-state index contributed by atoms with van der Waals surface area (Å²) in [5.74, 6) is 0.397. The second-order valence-corrected chi connectivity index (χ2v) is 6.05. The molecule has 0 unspecified atom stereocenters. The van der Waals surface area contributed by atoms with Crippen LogP contribution in [0.25, 0.3) is 10.9 Å². The molecule has 2 aromatic heterocycles. The number of benzene rings is 1. The van der Waals surface area contributed by atoms with E-state index in [1.54, 1.807) is 18.3 Å². The van der Waals surface area contributed by atoms with Gasteiger partial charge in [-0.3, -0.25) is 14.5 Å². The van der Waals surface area contributed by atoms with Crippen molar-refractivity contribution >= 4 is 28.5 Å². The fourth-order valence-corrected chi connectivity index (χ4v) is 3.07. The number of amides is 2. The lowest BCUT2D eigenvalue weighted by Gasteiger charge is -2.27. The Bertz CT molecular complexity index is 966. The number of nitrogens with zero attached hydrogens (tertiary/aromatic N) is 2. The second kappa shape index (κ2) is 6.87. The summed E-state index contributed by atoms with van der Waals surface area (Å²) in [4.78, 5) is 33.1. The third-order valence-electron chi connectivity index (χ3n) is 4.35. The molecule has 26 heavy (non-hydrogen) atoms. The molecule has 3 heterocycles. The summed E-state index contributed by atoms with van der Waals surface area (Å²) in [7, 11) is 0. The molecule has 1 aromatic carbocycles. The average Bonchev–Trinajstić information content (AvgIpc) is 3.07. The van der Waals surface area contributed by atoms with Crippen molar-refractivity contribution in [3.8, 4) is 5.75 Å². The number of H-pyrrole nitrogens is 1. The number of hydrogen-bond acceptors (Lipinski definition) is 4. The van der Waals surface area contributed by atoms with E-state index >= 15 is 0 Å². The lowest BCUT2D eigenvalue weighted by Crippen LogP contribution is -2.45. The van der Waals surface area contributed by atoms with Crippen LogP contribution in [0.3, 0.4) is 0 Å². The summed E-state index contributed by atoms with van der Waals surface area (Å²) in [5.41, 5.74) is 2.23. The molecule has 0 spiro atoms. The summed E-state index contributed by atoms with van der Waals surface area (Å²) in [6.07, 6.45) is 4.24. The molecule has 7 heteroatoms. The predicted molar refractivity (Wildman–Crippen MR) is 97.1 cm³/mol. The SMILES string of the molecule is O=C(CN1C(=O)COc2cccnc21)NCCc1c[nH]c2ccccc12. The molecule has 0 atom stereocenters. The molecule has 7 nitrogen and oxygen atoms in total. The minimum Gasteiger partial charge on any atom is -0.480 e. The van der Waals surface area contributed by atoms with Crippen LogP contribution in [-0.2, 0) is 16.0 Å². The molecular formula is C19H18N4O3. The third-order valence-corrected chi connectivity index (χ3v) is 4.35. The van der Waals surface area contributed by atoms with Crippen molar-refractivity contribution in [3.05, 3.63) is 54.4 Å². The highest BCUT2D eigenvalue weighted by molar-refractivity contribution is 6.01. The van der Waals surface area contributed by atoms with Gasteiger partial charge in [0.2, 0.25) is 5.91 Å². The van der Waals surface area contributed by atoms with Gasteiger partial charge in [-0.05, 0) is 30.2 Å². The number of nitrogens with one attached hydrogen (secondary N) is 2. The summed E-state index contributed by atoms with van der Waals surface area (Å²) < 4.78 is 5.33. The van der Waals surface area contributed by atoms with E-state index in [0.717, 1.165) is 16.5 Å². The lowest BCUT2D eigenvalue weighted by molar-refractivity contribution is -0.125. The summed E-state index contributed by atoms with van der Waals surface area (Å²) in [5, 5.41) is 4.02. The molecule has 132 valence electrons. The van der Waals surface area contributed by atoms with E-state index in [1.807, 2.05) is 24.4 Å². The van der Waals surface area contributed by atoms with Gasteiger partial charge in [-0.25, -0.2) is 4.98 Å². The van der Waals surface area contributed by atoms with Crippen LogP contribution in [0, 0.1) is 0 Å². The van der Waals surface area contributed by atoms with Crippen LogP contribution >= 0.6 is 0 Å². The van der Waals surface area contributed by atoms with E-state index in [2.05, 4.69) is 21.4 Å². The molecule has 0 aliphatic carbocycles. The number of anilines is 1. The highest BCUT2D eigenvalue weighted by Gasteiger charge is 2.28. The molecule has 1 aliphatic rings. The van der Waals surface area contributed by atoms with Crippen molar-refractivity contribution in [1.82, 2.24) is 15.3 Å². The number of ether oxygens (including phenoxy) is 1. The first-order chi connectivity index (χ1) is 12.7. The molecule has 2 N–H and O–H groups in total. The zero-order chi connectivity index (χ0) is 17.9. The Kier molecular flexibility index (Phi) is 4.27. The van der Waals surface area contributed by atoms with Crippen molar-refractivity contribution in [1.29, 1.82) is 0 Å². The van der Waals surface area contributed by atoms with Crippen LogP contribution in [0.5, 0.6) is 5.75 Å². The number of aromatic nitrogens is 2. The Morgan fingerprint density at radius 2 is 2.15 bits per heavy atom. The first kappa shape index (κ1) is 16.1. The van der Waals surface area contributed by atoms with Gasteiger partial charge in [0.15, 0.2) is 18.2 Å². The molecule has 3 aromatic rings. The van der Waals surface area contributed by atoms with Crippen molar-refractivity contribution in [3.63, 3.8) is 0 Å². The van der Waals surface area contributed by atoms with Gasteiger partial charge in [0.05, 0.1) is 0 Å². The highest BCUT2D eigenvalue weighted by atomic mass is 16.5. The highest BCUT2D eigenvalue weighted by Crippen LogP contribution is 2.28. The Labute approximate surface area is 150 Å². The second-order valence-electron chi connectivity index (χ2n) is 6.05. The monoisotopic (exact) mass is 350 g/mol. The molecule has 0 bridgehead atoms. The van der Waals surface area contributed by atoms with E-state index < -0.39 is 0 Å². The van der Waals surface area contributed by atoms with E-state index in [0.29, 0.717) is 24.5 Å². The Morgan fingerprint density at radius 3 is 3.08 bits per heavy atom. The largest absolute Gasteiger partial charge is 0.480 e. The number of pyridine rings is 1. The fourth-order valence-electron chi connectivity index (χ4n) is 3.07. The predicted octanol–water partition coefficient (Wildman–Crippen LogP) is 1.65. The normalized spacial score (nSPS) is 13.4. The van der Waals surface area contributed by atoms with E-state index in [9.17, 15) is 9.59 Å². The van der Waals surface area contributed by atoms with Crippen LogP contribution < -0.4 is 15.0 Å². The quantitative estimate of drug-likeness (QED) is 0.732. The summed E-state index contributed by atoms with van der Waals surface area (Å²) in [6.45, 7) is 0.343. The van der Waals surface area contributed by atoms with Crippen LogP contribution in [-0.4, -0.2) is 41.5 Å². The van der Waals surface area contributed by atoms with Gasteiger partial charge >= 0.3 is 0 Å². The van der Waals surface area contributed by atoms with Crippen LogP contribution in [0.2, 0.25) is 0 Å². The standard InChI is InChI=1S/C19H18N4O3/c24-17(11-23-18(25)12-26-16-6-3-8-21-19(16)23)20-9-7-13-10-22-15-5-2-1-4-14(13)15/h1-6,8,10,22H,7,9,11-12H2,(H,20,24). The van der Waals surface area contributed by atoms with E-state index in [1.165, 1.54) is 4.90 Å². The zero-order valence-electron chi connectivity index (χ0n) is 14.1. The molecule has 2 amide bonds. The topological polar surface area (TPSA) is 87.3 Å². The number of carbonyl (C=O) groups excluding carboxylic acids is 2. The van der Waals surface area contributed by atoms with Gasteiger partial charge in [-0.2, -0.15) is 0 Å². The molecule has 0 saturated heterocycles. The number of hydrogen-bond donors (Lipinski definition) is 2. The fraction of sp³-hybridized carbons (Fsp3) is 0.211. The van der Waals surface area contributed by atoms with Crippen molar-refractivity contribution in [2.24, 2.45) is 0 Å². The Morgan fingerprint density at radius 1 is 1.27 bits per heavy atom. The Balaban J connectivity index is 1.36.